The van der Waals surface area contributed by atoms with Crippen molar-refractivity contribution in [3.8, 4) is 0 Å². The number of unbranched alkanes of at least 4 members (excludes halogenated alkanes) is 4. The van der Waals surface area contributed by atoms with E-state index in [1.807, 2.05) is 25.1 Å². The zero-order chi connectivity index (χ0) is 10.6. The summed E-state index contributed by atoms with van der Waals surface area (Å²) in [6.07, 6.45) is 8.80. The van der Waals surface area contributed by atoms with Gasteiger partial charge < -0.3 is 0 Å². The molecule has 0 aromatic carbocycles. The maximum absolute atomic E-state index is 3.98. The van der Waals surface area contributed by atoms with Crippen molar-refractivity contribution >= 4 is 0 Å². The molecule has 0 saturated carbocycles. The number of aryl methyl sites for hydroxylation is 1. The molecular weight excluding hydrogens is 170 g/mol. The summed E-state index contributed by atoms with van der Waals surface area (Å²) in [7, 11) is 0. The van der Waals surface area contributed by atoms with E-state index >= 15 is 0 Å². The third kappa shape index (κ3) is 9.24. The van der Waals surface area contributed by atoms with Crippen molar-refractivity contribution in [2.45, 2.75) is 52.9 Å². The Labute approximate surface area is 88.6 Å². The van der Waals surface area contributed by atoms with Crippen LogP contribution in [0.4, 0.5) is 0 Å². The molecule has 0 bridgehead atoms. The van der Waals surface area contributed by atoms with Crippen LogP contribution in [0.1, 0.15) is 51.6 Å². The zero-order valence-corrected chi connectivity index (χ0v) is 9.79. The Morgan fingerprint density at radius 2 is 1.64 bits per heavy atom. The summed E-state index contributed by atoms with van der Waals surface area (Å²) in [5.41, 5.74) is 1.07. The van der Waals surface area contributed by atoms with Crippen molar-refractivity contribution in [2.75, 3.05) is 0 Å². The maximum Gasteiger partial charge on any atom is 0.0372 e. The average molecular weight is 193 g/mol. The SMILES string of the molecule is CCCCCCC.Cc1ccccn1. The fourth-order valence-electron chi connectivity index (χ4n) is 1.12. The average Bonchev–Trinajstić information content (AvgIpc) is 2.21. The lowest BCUT2D eigenvalue weighted by molar-refractivity contribution is 0.656. The van der Waals surface area contributed by atoms with E-state index in [0.717, 1.165) is 5.69 Å². The zero-order valence-electron chi connectivity index (χ0n) is 9.79. The van der Waals surface area contributed by atoms with E-state index in [-0.39, 0.29) is 0 Å². The lowest BCUT2D eigenvalue weighted by Crippen LogP contribution is -1.72. The van der Waals surface area contributed by atoms with Crippen molar-refractivity contribution < 1.29 is 0 Å². The Kier molecular flexibility index (Phi) is 9.61. The third-order valence-electron chi connectivity index (χ3n) is 2.02. The predicted molar refractivity (Wildman–Crippen MR) is 63.4 cm³/mol. The van der Waals surface area contributed by atoms with Crippen LogP contribution in [0.25, 0.3) is 0 Å². The number of aromatic nitrogens is 1. The molecule has 14 heavy (non-hydrogen) atoms. The van der Waals surface area contributed by atoms with Crippen LogP contribution < -0.4 is 0 Å². The summed E-state index contributed by atoms with van der Waals surface area (Å²) in [5, 5.41) is 0. The van der Waals surface area contributed by atoms with Crippen LogP contribution in [0.15, 0.2) is 24.4 Å². The normalized spacial score (nSPS) is 9.07. The summed E-state index contributed by atoms with van der Waals surface area (Å²) in [4.78, 5) is 3.98. The Bertz CT molecular complexity index is 190. The lowest BCUT2D eigenvalue weighted by atomic mass is 10.2. The van der Waals surface area contributed by atoms with Crippen LogP contribution in [-0.4, -0.2) is 4.98 Å². The van der Waals surface area contributed by atoms with Gasteiger partial charge in [-0.25, -0.2) is 0 Å². The highest BCUT2D eigenvalue weighted by Gasteiger charge is 1.80. The predicted octanol–water partition coefficient (Wildman–Crippen LogP) is 4.37. The molecular formula is C13H23N. The molecule has 1 rings (SSSR count). The van der Waals surface area contributed by atoms with E-state index in [1.165, 1.54) is 32.1 Å². The molecule has 1 aromatic heterocycles. The van der Waals surface area contributed by atoms with Gasteiger partial charge >= 0.3 is 0 Å². The first-order chi connectivity index (χ1) is 6.81. The van der Waals surface area contributed by atoms with Gasteiger partial charge in [-0.3, -0.25) is 4.98 Å². The second-order valence-corrected chi connectivity index (χ2v) is 3.53. The van der Waals surface area contributed by atoms with Crippen molar-refractivity contribution in [2.24, 2.45) is 0 Å². The topological polar surface area (TPSA) is 12.9 Å². The van der Waals surface area contributed by atoms with Crippen LogP contribution in [-0.2, 0) is 0 Å². The molecule has 0 N–H and O–H groups in total. The molecule has 1 aromatic rings. The highest BCUT2D eigenvalue weighted by molar-refractivity contribution is 4.99. The fraction of sp³-hybridized carbons (Fsp3) is 0.615. The first-order valence-corrected chi connectivity index (χ1v) is 5.68. The highest BCUT2D eigenvalue weighted by atomic mass is 14.6. The molecule has 1 nitrogen and oxygen atoms in total. The minimum atomic E-state index is 1.07. The number of nitrogens with zero attached hydrogens (tertiary/aromatic N) is 1. The van der Waals surface area contributed by atoms with E-state index in [1.54, 1.807) is 6.20 Å². The van der Waals surface area contributed by atoms with Crippen LogP contribution in [0.5, 0.6) is 0 Å². The van der Waals surface area contributed by atoms with Crippen LogP contribution >= 0.6 is 0 Å². The van der Waals surface area contributed by atoms with Gasteiger partial charge in [0.15, 0.2) is 0 Å². The second-order valence-electron chi connectivity index (χ2n) is 3.53. The minimum Gasteiger partial charge on any atom is -0.262 e. The largest absolute Gasteiger partial charge is 0.262 e. The van der Waals surface area contributed by atoms with Gasteiger partial charge in [-0.2, -0.15) is 0 Å². The monoisotopic (exact) mass is 193 g/mol. The van der Waals surface area contributed by atoms with Gasteiger partial charge in [0, 0.05) is 11.9 Å². The van der Waals surface area contributed by atoms with Crippen LogP contribution in [0, 0.1) is 6.92 Å². The van der Waals surface area contributed by atoms with Gasteiger partial charge in [0.2, 0.25) is 0 Å². The maximum atomic E-state index is 3.98. The molecule has 1 heteroatoms. The van der Waals surface area contributed by atoms with Gasteiger partial charge in [-0.05, 0) is 19.1 Å². The van der Waals surface area contributed by atoms with E-state index in [4.69, 9.17) is 0 Å². The summed E-state index contributed by atoms with van der Waals surface area (Å²) in [6, 6.07) is 5.86. The van der Waals surface area contributed by atoms with Gasteiger partial charge in [-0.1, -0.05) is 52.0 Å². The van der Waals surface area contributed by atoms with Gasteiger partial charge in [0.25, 0.3) is 0 Å². The molecule has 0 aliphatic heterocycles. The first-order valence-electron chi connectivity index (χ1n) is 5.68. The molecule has 1 heterocycles. The summed E-state index contributed by atoms with van der Waals surface area (Å²) in [5.74, 6) is 0. The Morgan fingerprint density at radius 1 is 1.00 bits per heavy atom. The first kappa shape index (κ1) is 13.2. The molecule has 0 fully saturated rings. The standard InChI is InChI=1S/C7H16.C6H7N/c1-3-5-7-6-4-2;1-6-4-2-3-5-7-6/h3-7H2,1-2H3;2-5H,1H3. The molecule has 0 unspecified atom stereocenters. The molecule has 0 spiro atoms. The van der Waals surface area contributed by atoms with Crippen LogP contribution in [0.2, 0.25) is 0 Å². The smallest absolute Gasteiger partial charge is 0.0372 e. The molecule has 0 saturated heterocycles. The van der Waals surface area contributed by atoms with Crippen molar-refractivity contribution in [3.63, 3.8) is 0 Å². The van der Waals surface area contributed by atoms with E-state index in [2.05, 4.69) is 18.8 Å². The van der Waals surface area contributed by atoms with Gasteiger partial charge in [0.1, 0.15) is 0 Å². The minimum absolute atomic E-state index is 1.07. The number of hydrogen-bond acceptors (Lipinski definition) is 1. The van der Waals surface area contributed by atoms with Gasteiger partial charge in [-0.15, -0.1) is 0 Å². The molecule has 0 amide bonds. The second kappa shape index (κ2) is 10.2. The number of rotatable bonds is 4. The van der Waals surface area contributed by atoms with Gasteiger partial charge in [0.05, 0.1) is 0 Å². The molecule has 0 atom stereocenters. The molecule has 0 aliphatic rings. The molecule has 0 aliphatic carbocycles. The summed E-state index contributed by atoms with van der Waals surface area (Å²) in [6.45, 7) is 6.46. The van der Waals surface area contributed by atoms with E-state index < -0.39 is 0 Å². The van der Waals surface area contributed by atoms with Crippen molar-refractivity contribution in [1.29, 1.82) is 0 Å². The molecule has 0 radical (unpaired) electrons. The molecule has 80 valence electrons. The Hall–Kier alpha value is -0.850. The summed E-state index contributed by atoms with van der Waals surface area (Å²) < 4.78 is 0. The third-order valence-corrected chi connectivity index (χ3v) is 2.02. The van der Waals surface area contributed by atoms with E-state index in [0.29, 0.717) is 0 Å². The lowest BCUT2D eigenvalue weighted by Gasteiger charge is -1.90. The Morgan fingerprint density at radius 3 is 1.93 bits per heavy atom. The number of pyridine rings is 1. The fourth-order valence-corrected chi connectivity index (χ4v) is 1.12. The van der Waals surface area contributed by atoms with Crippen LogP contribution in [0.3, 0.4) is 0 Å². The van der Waals surface area contributed by atoms with Crippen molar-refractivity contribution in [3.05, 3.63) is 30.1 Å². The van der Waals surface area contributed by atoms with Crippen molar-refractivity contribution in [1.82, 2.24) is 4.98 Å². The number of hydrogen-bond donors (Lipinski definition) is 0. The van der Waals surface area contributed by atoms with E-state index in [9.17, 15) is 0 Å². The highest BCUT2D eigenvalue weighted by Crippen LogP contribution is 2.00. The Balaban J connectivity index is 0.000000241. The quantitative estimate of drug-likeness (QED) is 0.647. The summed E-state index contributed by atoms with van der Waals surface area (Å²) >= 11 is 0.